The van der Waals surface area contributed by atoms with Crippen LogP contribution in [0.2, 0.25) is 0 Å². The van der Waals surface area contributed by atoms with Gasteiger partial charge in [-0.1, -0.05) is 0 Å². The number of nitrogens with zero attached hydrogens (tertiary/aromatic N) is 4. The van der Waals surface area contributed by atoms with E-state index in [1.54, 1.807) is 6.33 Å². The zero-order valence-electron chi connectivity index (χ0n) is 10.9. The van der Waals surface area contributed by atoms with Crippen LogP contribution in [0.15, 0.2) is 17.8 Å². The van der Waals surface area contributed by atoms with Crippen molar-refractivity contribution in [3.8, 4) is 0 Å². The van der Waals surface area contributed by atoms with E-state index in [9.17, 15) is 0 Å². The van der Waals surface area contributed by atoms with Crippen LogP contribution in [0.5, 0.6) is 0 Å². The van der Waals surface area contributed by atoms with Crippen LogP contribution in [-0.2, 0) is 0 Å². The highest BCUT2D eigenvalue weighted by Gasteiger charge is 2.24. The Morgan fingerprint density at radius 2 is 2.32 bits per heavy atom. The van der Waals surface area contributed by atoms with Crippen molar-refractivity contribution >= 4 is 22.3 Å². The molecular weight excluding hydrogens is 258 g/mol. The molecular formula is C13H17N5S. The SMILES string of the molecule is Cc1cc(N2CCC[C@H](c3csc(N)n3)C2)ncn1. The summed E-state index contributed by atoms with van der Waals surface area (Å²) < 4.78 is 0. The van der Waals surface area contributed by atoms with E-state index in [4.69, 9.17) is 5.73 Å². The third kappa shape index (κ3) is 2.68. The molecule has 1 saturated heterocycles. The van der Waals surface area contributed by atoms with Gasteiger partial charge in [0.1, 0.15) is 12.1 Å². The third-order valence-corrected chi connectivity index (χ3v) is 4.18. The fraction of sp³-hybridized carbons (Fsp3) is 0.462. The number of anilines is 2. The number of piperidine rings is 1. The van der Waals surface area contributed by atoms with Gasteiger partial charge in [0.25, 0.3) is 0 Å². The number of thiazole rings is 1. The third-order valence-electron chi connectivity index (χ3n) is 3.49. The van der Waals surface area contributed by atoms with Crippen molar-refractivity contribution in [2.24, 2.45) is 0 Å². The maximum absolute atomic E-state index is 5.72. The lowest BCUT2D eigenvalue weighted by Crippen LogP contribution is -2.35. The molecule has 0 amide bonds. The van der Waals surface area contributed by atoms with E-state index in [2.05, 4.69) is 25.2 Å². The van der Waals surface area contributed by atoms with E-state index in [1.807, 2.05) is 13.0 Å². The van der Waals surface area contributed by atoms with Gasteiger partial charge in [0.2, 0.25) is 0 Å². The maximum Gasteiger partial charge on any atom is 0.180 e. The zero-order valence-corrected chi connectivity index (χ0v) is 11.7. The molecule has 0 saturated carbocycles. The van der Waals surface area contributed by atoms with Crippen molar-refractivity contribution in [2.75, 3.05) is 23.7 Å². The Morgan fingerprint density at radius 3 is 3.05 bits per heavy atom. The lowest BCUT2D eigenvalue weighted by molar-refractivity contribution is 0.500. The molecule has 2 aromatic heterocycles. The number of hydrogen-bond donors (Lipinski definition) is 1. The van der Waals surface area contributed by atoms with E-state index in [-0.39, 0.29) is 0 Å². The van der Waals surface area contributed by atoms with Gasteiger partial charge in [-0.25, -0.2) is 15.0 Å². The molecule has 1 atom stereocenters. The van der Waals surface area contributed by atoms with Crippen molar-refractivity contribution in [2.45, 2.75) is 25.7 Å². The Labute approximate surface area is 116 Å². The molecule has 0 aromatic carbocycles. The van der Waals surface area contributed by atoms with Crippen LogP contribution in [0.3, 0.4) is 0 Å². The standard InChI is InChI=1S/C13H17N5S/c1-9-5-12(16-8-15-9)18-4-2-3-10(6-18)11-7-19-13(14)17-11/h5,7-8,10H,2-4,6H2,1H3,(H2,14,17)/t10-/m0/s1. The first-order chi connectivity index (χ1) is 9.22. The molecule has 2 N–H and O–H groups in total. The number of hydrogen-bond acceptors (Lipinski definition) is 6. The highest BCUT2D eigenvalue weighted by atomic mass is 32.1. The predicted octanol–water partition coefficient (Wildman–Crippen LogP) is 2.21. The second kappa shape index (κ2) is 5.13. The highest BCUT2D eigenvalue weighted by molar-refractivity contribution is 7.13. The normalized spacial score (nSPS) is 19.6. The summed E-state index contributed by atoms with van der Waals surface area (Å²) in [7, 11) is 0. The van der Waals surface area contributed by atoms with Gasteiger partial charge in [0.05, 0.1) is 5.69 Å². The molecule has 0 bridgehead atoms. The quantitative estimate of drug-likeness (QED) is 0.910. The number of aryl methyl sites for hydroxylation is 1. The van der Waals surface area contributed by atoms with E-state index >= 15 is 0 Å². The Kier molecular flexibility index (Phi) is 3.33. The number of nitrogen functional groups attached to an aromatic ring is 1. The van der Waals surface area contributed by atoms with Crippen LogP contribution >= 0.6 is 11.3 Å². The van der Waals surface area contributed by atoms with Crippen molar-refractivity contribution in [1.29, 1.82) is 0 Å². The van der Waals surface area contributed by atoms with E-state index in [1.165, 1.54) is 17.8 Å². The molecule has 0 spiro atoms. The minimum Gasteiger partial charge on any atom is -0.375 e. The fourth-order valence-electron chi connectivity index (χ4n) is 2.53. The molecule has 0 radical (unpaired) electrons. The number of aromatic nitrogens is 3. The second-order valence-electron chi connectivity index (χ2n) is 4.91. The summed E-state index contributed by atoms with van der Waals surface area (Å²) in [6, 6.07) is 2.04. The first kappa shape index (κ1) is 12.3. The molecule has 1 aliphatic heterocycles. The Morgan fingerprint density at radius 1 is 1.42 bits per heavy atom. The summed E-state index contributed by atoms with van der Waals surface area (Å²) in [6.07, 6.45) is 3.96. The molecule has 1 fully saturated rings. The van der Waals surface area contributed by atoms with Gasteiger partial charge < -0.3 is 10.6 Å². The fourth-order valence-corrected chi connectivity index (χ4v) is 3.17. The lowest BCUT2D eigenvalue weighted by Gasteiger charge is -2.32. The summed E-state index contributed by atoms with van der Waals surface area (Å²) >= 11 is 1.52. The molecule has 5 nitrogen and oxygen atoms in total. The number of rotatable bonds is 2. The first-order valence-corrected chi connectivity index (χ1v) is 7.35. The van der Waals surface area contributed by atoms with Gasteiger partial charge >= 0.3 is 0 Å². The highest BCUT2D eigenvalue weighted by Crippen LogP contribution is 2.30. The van der Waals surface area contributed by atoms with Gasteiger partial charge in [-0.3, -0.25) is 0 Å². The Hall–Kier alpha value is -1.69. The van der Waals surface area contributed by atoms with Crippen LogP contribution in [0, 0.1) is 6.92 Å². The summed E-state index contributed by atoms with van der Waals surface area (Å²) in [6.45, 7) is 4.00. The van der Waals surface area contributed by atoms with Gasteiger partial charge in [0, 0.05) is 36.1 Å². The van der Waals surface area contributed by atoms with E-state index in [0.717, 1.165) is 36.7 Å². The summed E-state index contributed by atoms with van der Waals surface area (Å²) in [5.74, 6) is 1.47. The number of nitrogens with two attached hydrogens (primary N) is 1. The molecule has 19 heavy (non-hydrogen) atoms. The molecule has 2 aromatic rings. The average molecular weight is 275 g/mol. The lowest BCUT2D eigenvalue weighted by atomic mass is 9.95. The van der Waals surface area contributed by atoms with Crippen molar-refractivity contribution in [3.63, 3.8) is 0 Å². The Bertz CT molecular complexity index is 568. The van der Waals surface area contributed by atoms with Crippen LogP contribution in [0.1, 0.15) is 30.1 Å². The van der Waals surface area contributed by atoms with Gasteiger partial charge in [-0.15, -0.1) is 11.3 Å². The minimum atomic E-state index is 0.456. The predicted molar refractivity (Wildman–Crippen MR) is 77.5 cm³/mol. The van der Waals surface area contributed by atoms with Crippen LogP contribution in [0.25, 0.3) is 0 Å². The zero-order chi connectivity index (χ0) is 13.2. The minimum absolute atomic E-state index is 0.456. The topological polar surface area (TPSA) is 67.9 Å². The largest absolute Gasteiger partial charge is 0.375 e. The average Bonchev–Trinajstić information content (AvgIpc) is 2.86. The molecule has 100 valence electrons. The molecule has 3 rings (SSSR count). The molecule has 3 heterocycles. The maximum atomic E-state index is 5.72. The van der Waals surface area contributed by atoms with E-state index in [0.29, 0.717) is 11.0 Å². The molecule has 6 heteroatoms. The Balaban J connectivity index is 1.78. The smallest absolute Gasteiger partial charge is 0.180 e. The molecule has 0 aliphatic carbocycles. The second-order valence-corrected chi connectivity index (χ2v) is 5.80. The van der Waals surface area contributed by atoms with Crippen molar-refractivity contribution < 1.29 is 0 Å². The van der Waals surface area contributed by atoms with Crippen LogP contribution < -0.4 is 10.6 Å². The van der Waals surface area contributed by atoms with Crippen LogP contribution in [0.4, 0.5) is 10.9 Å². The monoisotopic (exact) mass is 275 g/mol. The van der Waals surface area contributed by atoms with E-state index < -0.39 is 0 Å². The molecule has 0 unspecified atom stereocenters. The van der Waals surface area contributed by atoms with Gasteiger partial charge in [-0.05, 0) is 19.8 Å². The van der Waals surface area contributed by atoms with Gasteiger partial charge in [0.15, 0.2) is 5.13 Å². The van der Waals surface area contributed by atoms with Crippen LogP contribution in [-0.4, -0.2) is 28.0 Å². The van der Waals surface area contributed by atoms with Crippen molar-refractivity contribution in [1.82, 2.24) is 15.0 Å². The molecule has 1 aliphatic rings. The van der Waals surface area contributed by atoms with Crippen molar-refractivity contribution in [3.05, 3.63) is 29.2 Å². The first-order valence-electron chi connectivity index (χ1n) is 6.47. The van der Waals surface area contributed by atoms with Gasteiger partial charge in [-0.2, -0.15) is 0 Å². The summed E-state index contributed by atoms with van der Waals surface area (Å²) in [5, 5.41) is 2.74. The summed E-state index contributed by atoms with van der Waals surface area (Å²) in [5.41, 5.74) is 7.85. The summed E-state index contributed by atoms with van der Waals surface area (Å²) in [4.78, 5) is 15.3.